The van der Waals surface area contributed by atoms with Crippen LogP contribution in [0, 0.1) is 10.5 Å². The van der Waals surface area contributed by atoms with Crippen LogP contribution in [0.25, 0.3) is 4.91 Å². The van der Waals surface area contributed by atoms with E-state index < -0.39 is 38.3 Å². The average molecular weight is 548 g/mol. The van der Waals surface area contributed by atoms with Crippen LogP contribution in [0.3, 0.4) is 0 Å². The van der Waals surface area contributed by atoms with Crippen LogP contribution < -0.4 is 21.2 Å². The van der Waals surface area contributed by atoms with E-state index in [1.807, 2.05) is 83.8 Å². The smallest absolute Gasteiger partial charge is 0.418 e. The molecule has 0 atom stereocenters. The molecule has 0 spiro atoms. The molecule has 0 heterocycles. The van der Waals surface area contributed by atoms with E-state index in [1.54, 1.807) is 12.1 Å². The average Bonchev–Trinajstić information content (AvgIpc) is 2.69. The lowest BCUT2D eigenvalue weighted by molar-refractivity contribution is -0.555. The van der Waals surface area contributed by atoms with Gasteiger partial charge in [0, 0.05) is 0 Å². The Kier molecular flexibility index (Phi) is 8.66. The van der Waals surface area contributed by atoms with Crippen molar-refractivity contribution in [3.05, 3.63) is 104 Å². The fraction of sp³-hybridized carbons (Fsp3) is 0.0476. The number of sulfone groups is 1. The summed E-state index contributed by atoms with van der Waals surface area (Å²) in [5.41, 5.74) is 1.78. The zero-order valence-electron chi connectivity index (χ0n) is 15.9. The predicted molar refractivity (Wildman–Crippen MR) is 108 cm³/mol. The quantitative estimate of drug-likeness (QED) is 0.280. The normalized spacial score (nSPS) is 12.1. The van der Waals surface area contributed by atoms with Crippen molar-refractivity contribution in [3.8, 4) is 0 Å². The van der Waals surface area contributed by atoms with Crippen LogP contribution in [-0.2, 0) is 9.84 Å². The van der Waals surface area contributed by atoms with E-state index in [2.05, 4.69) is 0 Å². The maximum atomic E-state index is 13.2. The monoisotopic (exact) mass is 548 g/mol. The van der Waals surface area contributed by atoms with Gasteiger partial charge in [-0.2, -0.15) is 0 Å². The van der Waals surface area contributed by atoms with Crippen LogP contribution in [0.4, 0.5) is 17.3 Å². The highest BCUT2D eigenvalue weighted by Crippen LogP contribution is 2.26. The van der Waals surface area contributed by atoms with Crippen LogP contribution >= 0.6 is 0 Å². The van der Waals surface area contributed by atoms with Gasteiger partial charge in [0.05, 0.1) is 4.90 Å². The standard InChI is InChI=1S/C21H18IO2S.BF4/c1-17-12-14-20(15-13-17)25(23,24)21(18-8-4-2-5-9-18)16-22-19-10-6-3-7-11-19;2-1(3,4)5/h2-16H,1H3;/q+1;-1/b21-16-;. The van der Waals surface area contributed by atoms with Gasteiger partial charge in [0.2, 0.25) is 9.84 Å². The van der Waals surface area contributed by atoms with Gasteiger partial charge in [-0.3, -0.25) is 0 Å². The molecule has 158 valence electrons. The Labute approximate surface area is 183 Å². The summed E-state index contributed by atoms with van der Waals surface area (Å²) in [6, 6.07) is 26.4. The van der Waals surface area contributed by atoms with E-state index in [-0.39, 0.29) is 0 Å². The molecule has 0 saturated carbocycles. The number of hydrogen-bond donors (Lipinski definition) is 0. The number of halogens is 5. The molecule has 0 saturated heterocycles. The Morgan fingerprint density at radius 2 is 1.27 bits per heavy atom. The minimum absolute atomic E-state index is 0.338. The van der Waals surface area contributed by atoms with Crippen LogP contribution in [0.2, 0.25) is 0 Å². The molecule has 0 bridgehead atoms. The van der Waals surface area contributed by atoms with Gasteiger partial charge in [-0.25, -0.2) is 8.42 Å². The summed E-state index contributed by atoms with van der Waals surface area (Å²) in [4.78, 5) is 0.735. The molecule has 0 amide bonds. The second kappa shape index (κ2) is 10.8. The first-order chi connectivity index (χ1) is 14.1. The zero-order chi connectivity index (χ0) is 22.2. The van der Waals surface area contributed by atoms with Crippen molar-refractivity contribution in [2.45, 2.75) is 11.8 Å². The van der Waals surface area contributed by atoms with Crippen molar-refractivity contribution in [1.29, 1.82) is 0 Å². The van der Waals surface area contributed by atoms with E-state index in [9.17, 15) is 25.7 Å². The lowest BCUT2D eigenvalue weighted by Gasteiger charge is -2.07. The Morgan fingerprint density at radius 3 is 1.77 bits per heavy atom. The van der Waals surface area contributed by atoms with Crippen LogP contribution in [0.5, 0.6) is 0 Å². The lowest BCUT2D eigenvalue weighted by Crippen LogP contribution is -3.59. The minimum Gasteiger partial charge on any atom is -0.418 e. The van der Waals surface area contributed by atoms with Gasteiger partial charge >= 0.3 is 28.5 Å². The Morgan fingerprint density at radius 1 is 0.800 bits per heavy atom. The number of rotatable bonds is 5. The van der Waals surface area contributed by atoms with Gasteiger partial charge < -0.3 is 17.3 Å². The molecule has 3 aromatic rings. The highest BCUT2D eigenvalue weighted by atomic mass is 127. The van der Waals surface area contributed by atoms with E-state index >= 15 is 0 Å². The predicted octanol–water partition coefficient (Wildman–Crippen LogP) is 3.03. The van der Waals surface area contributed by atoms with E-state index in [0.29, 0.717) is 9.80 Å². The van der Waals surface area contributed by atoms with E-state index in [4.69, 9.17) is 0 Å². The van der Waals surface area contributed by atoms with Gasteiger partial charge in [0.1, 0.15) is 4.91 Å². The van der Waals surface area contributed by atoms with E-state index in [0.717, 1.165) is 11.1 Å². The molecule has 0 unspecified atom stereocenters. The second-order valence-corrected chi connectivity index (χ2v) is 10.5. The summed E-state index contributed by atoms with van der Waals surface area (Å²) < 4.78 is 68.5. The molecular weight excluding hydrogens is 530 g/mol. The third kappa shape index (κ3) is 7.94. The second-order valence-electron chi connectivity index (χ2n) is 6.06. The molecule has 0 aliphatic carbocycles. The summed E-state index contributed by atoms with van der Waals surface area (Å²) >= 11 is -0.545. The third-order valence-electron chi connectivity index (χ3n) is 3.69. The topological polar surface area (TPSA) is 34.1 Å². The third-order valence-corrected chi connectivity index (χ3v) is 8.31. The fourth-order valence-corrected chi connectivity index (χ4v) is 6.77. The first-order valence-electron chi connectivity index (χ1n) is 8.70. The molecule has 2 nitrogen and oxygen atoms in total. The number of benzene rings is 3. The van der Waals surface area contributed by atoms with Gasteiger partial charge in [0.25, 0.3) is 0 Å². The molecule has 0 N–H and O–H groups in total. The van der Waals surface area contributed by atoms with Crippen LogP contribution in [0.1, 0.15) is 11.1 Å². The number of aryl methyl sites for hydroxylation is 1. The SMILES string of the molecule is Cc1ccc(S(=O)(=O)/C(=C\[I+]c2ccccc2)c2ccccc2)cc1.F[B-](F)(F)F. The Bertz CT molecular complexity index is 1060. The Balaban J connectivity index is 0.000000575. The Hall–Kier alpha value is -2.14. The summed E-state index contributed by atoms with van der Waals surface area (Å²) in [5.74, 6) is 0. The fourth-order valence-electron chi connectivity index (χ4n) is 2.32. The first kappa shape index (κ1) is 24.1. The molecule has 3 aromatic carbocycles. The highest BCUT2D eigenvalue weighted by molar-refractivity contribution is 8.00. The molecule has 0 radical (unpaired) electrons. The summed E-state index contributed by atoms with van der Waals surface area (Å²) in [7, 11) is -9.55. The van der Waals surface area contributed by atoms with Crippen molar-refractivity contribution in [2.24, 2.45) is 0 Å². The molecule has 9 heteroatoms. The van der Waals surface area contributed by atoms with Crippen LogP contribution in [0.15, 0.2) is 93.9 Å². The van der Waals surface area contributed by atoms with Gasteiger partial charge in [0.15, 0.2) is 7.65 Å². The highest BCUT2D eigenvalue weighted by Gasteiger charge is 2.26. The largest absolute Gasteiger partial charge is 0.673 e. The lowest BCUT2D eigenvalue weighted by atomic mass is 10.2. The van der Waals surface area contributed by atoms with Gasteiger partial charge in [-0.15, -0.1) is 0 Å². The molecule has 3 rings (SSSR count). The van der Waals surface area contributed by atoms with Crippen molar-refractivity contribution in [2.75, 3.05) is 0 Å². The van der Waals surface area contributed by atoms with E-state index in [1.165, 1.54) is 3.57 Å². The van der Waals surface area contributed by atoms with Gasteiger partial charge in [-0.1, -0.05) is 66.2 Å². The van der Waals surface area contributed by atoms with Crippen molar-refractivity contribution in [3.63, 3.8) is 0 Å². The maximum Gasteiger partial charge on any atom is 0.673 e. The minimum atomic E-state index is -6.00. The van der Waals surface area contributed by atoms with Gasteiger partial charge in [-0.05, 0) is 36.8 Å². The molecule has 0 aliphatic rings. The summed E-state index contributed by atoms with van der Waals surface area (Å²) in [5, 5.41) is 0. The summed E-state index contributed by atoms with van der Waals surface area (Å²) in [6.07, 6.45) is 0. The molecule has 0 aromatic heterocycles. The first-order valence-corrected chi connectivity index (χ1v) is 12.5. The van der Waals surface area contributed by atoms with Crippen molar-refractivity contribution >= 4 is 22.0 Å². The number of hydrogen-bond acceptors (Lipinski definition) is 2. The zero-order valence-corrected chi connectivity index (χ0v) is 18.8. The van der Waals surface area contributed by atoms with Crippen molar-refractivity contribution < 1.29 is 46.9 Å². The molecule has 30 heavy (non-hydrogen) atoms. The maximum absolute atomic E-state index is 13.2. The molecule has 0 fully saturated rings. The molecule has 0 aliphatic heterocycles. The van der Waals surface area contributed by atoms with Crippen LogP contribution in [-0.4, -0.2) is 15.7 Å². The summed E-state index contributed by atoms with van der Waals surface area (Å²) in [6.45, 7) is 1.95. The molecular formula is C21H18BF4IO2S. The van der Waals surface area contributed by atoms with Crippen molar-refractivity contribution in [1.82, 2.24) is 0 Å².